The van der Waals surface area contributed by atoms with E-state index >= 15 is 0 Å². The summed E-state index contributed by atoms with van der Waals surface area (Å²) in [6.45, 7) is 8.68. The fraction of sp³-hybridized carbons (Fsp3) is 0.520. The van der Waals surface area contributed by atoms with E-state index in [1.807, 2.05) is 13.0 Å². The zero-order valence-electron chi connectivity index (χ0n) is 19.6. The zero-order chi connectivity index (χ0) is 23.8. The highest BCUT2D eigenvalue weighted by atomic mass is 35.5. The van der Waals surface area contributed by atoms with Gasteiger partial charge in [-0.05, 0) is 62.9 Å². The van der Waals surface area contributed by atoms with E-state index in [0.717, 1.165) is 30.9 Å². The number of likely N-dealkylation sites (tertiary alicyclic amines) is 1. The molecule has 2 aromatic heterocycles. The van der Waals surface area contributed by atoms with Gasteiger partial charge in [0.25, 0.3) is 0 Å². The zero-order valence-corrected chi connectivity index (χ0v) is 21.1. The summed E-state index contributed by atoms with van der Waals surface area (Å²) in [5, 5.41) is 15.3. The topological polar surface area (TPSA) is 73.9 Å². The van der Waals surface area contributed by atoms with Gasteiger partial charge in [0.15, 0.2) is 11.3 Å². The van der Waals surface area contributed by atoms with Crippen molar-refractivity contribution in [1.29, 1.82) is 5.26 Å². The lowest BCUT2D eigenvalue weighted by Crippen LogP contribution is -2.51. The van der Waals surface area contributed by atoms with Gasteiger partial charge in [0, 0.05) is 29.2 Å². The maximum Gasteiger partial charge on any atom is 0.190 e. The Bertz CT molecular complexity index is 1230. The molecule has 3 atom stereocenters. The number of fused-ring (bicyclic) bond motifs is 1. The van der Waals surface area contributed by atoms with Gasteiger partial charge in [-0.2, -0.15) is 10.4 Å². The van der Waals surface area contributed by atoms with Crippen molar-refractivity contribution in [2.24, 2.45) is 5.92 Å². The summed E-state index contributed by atoms with van der Waals surface area (Å²) in [5.74, 6) is 1.38. The average molecular weight is 498 g/mol. The molecule has 1 aromatic carbocycles. The second-order valence-corrected chi connectivity index (χ2v) is 10.4. The Balaban J connectivity index is 1.44. The third kappa shape index (κ3) is 4.35. The molecule has 0 unspecified atom stereocenters. The summed E-state index contributed by atoms with van der Waals surface area (Å²) in [6, 6.07) is 7.98. The van der Waals surface area contributed by atoms with Crippen molar-refractivity contribution in [1.82, 2.24) is 24.6 Å². The molecule has 9 heteroatoms. The first-order valence-electron chi connectivity index (χ1n) is 12.1. The molecule has 34 heavy (non-hydrogen) atoms. The van der Waals surface area contributed by atoms with Crippen LogP contribution in [-0.2, 0) is 0 Å². The predicted molar refractivity (Wildman–Crippen MR) is 136 cm³/mol. The Morgan fingerprint density at radius 1 is 1.15 bits per heavy atom. The van der Waals surface area contributed by atoms with Crippen LogP contribution in [0.15, 0.2) is 24.4 Å². The van der Waals surface area contributed by atoms with Crippen LogP contribution in [0, 0.1) is 17.2 Å². The first-order valence-corrected chi connectivity index (χ1v) is 12.8. The van der Waals surface area contributed by atoms with E-state index < -0.39 is 0 Å². The molecule has 2 aliphatic rings. The number of rotatable bonds is 4. The Hall–Kier alpha value is -2.40. The number of nitrogens with zero attached hydrogens (tertiary/aromatic N) is 7. The minimum atomic E-state index is -0.234. The van der Waals surface area contributed by atoms with E-state index in [1.165, 1.54) is 32.4 Å². The highest BCUT2D eigenvalue weighted by molar-refractivity contribution is 6.35. The number of piperidine rings is 2. The number of hydrogen-bond acceptors (Lipinski definition) is 6. The lowest BCUT2D eigenvalue weighted by atomic mass is 9.91. The van der Waals surface area contributed by atoms with Gasteiger partial charge in [0.1, 0.15) is 17.4 Å². The first-order chi connectivity index (χ1) is 16.5. The summed E-state index contributed by atoms with van der Waals surface area (Å²) in [4.78, 5) is 14.6. The van der Waals surface area contributed by atoms with Crippen LogP contribution in [-0.4, -0.2) is 56.9 Å². The SMILES string of the molecule is C[C@@H]1CN(c2cnc3c(C#N)nn([C@H](C)c4ccc(Cl)cc4Cl)c3n2)CC[C@@H]1N1CCCCC1. The minimum absolute atomic E-state index is 0.234. The molecule has 0 saturated carbocycles. The van der Waals surface area contributed by atoms with Crippen LogP contribution >= 0.6 is 23.2 Å². The molecule has 0 amide bonds. The van der Waals surface area contributed by atoms with Crippen molar-refractivity contribution in [3.8, 4) is 6.07 Å². The molecule has 0 spiro atoms. The third-order valence-electron chi connectivity index (χ3n) is 7.32. The molecule has 7 nitrogen and oxygen atoms in total. The van der Waals surface area contributed by atoms with Crippen LogP contribution in [0.2, 0.25) is 10.0 Å². The van der Waals surface area contributed by atoms with E-state index in [1.54, 1.807) is 23.0 Å². The number of hydrogen-bond donors (Lipinski definition) is 0. The Kier molecular flexibility index (Phi) is 6.65. The van der Waals surface area contributed by atoms with E-state index in [9.17, 15) is 5.26 Å². The highest BCUT2D eigenvalue weighted by Crippen LogP contribution is 2.32. The lowest BCUT2D eigenvalue weighted by Gasteiger charge is -2.44. The molecule has 4 heterocycles. The highest BCUT2D eigenvalue weighted by Gasteiger charge is 2.32. The van der Waals surface area contributed by atoms with Gasteiger partial charge in [0.2, 0.25) is 0 Å². The van der Waals surface area contributed by atoms with Crippen LogP contribution in [0.25, 0.3) is 11.2 Å². The molecule has 2 aliphatic heterocycles. The molecule has 178 valence electrons. The quantitative estimate of drug-likeness (QED) is 0.485. The van der Waals surface area contributed by atoms with Crippen LogP contribution in [0.1, 0.15) is 56.8 Å². The van der Waals surface area contributed by atoms with Gasteiger partial charge < -0.3 is 4.90 Å². The predicted octanol–water partition coefficient (Wildman–Crippen LogP) is 5.31. The molecular formula is C25H29Cl2N7. The molecule has 2 saturated heterocycles. The molecule has 0 bridgehead atoms. The molecule has 0 radical (unpaired) electrons. The largest absolute Gasteiger partial charge is 0.355 e. The van der Waals surface area contributed by atoms with E-state index in [4.69, 9.17) is 28.2 Å². The number of aromatic nitrogens is 4. The van der Waals surface area contributed by atoms with Gasteiger partial charge in [-0.25, -0.2) is 14.6 Å². The molecule has 2 fully saturated rings. The van der Waals surface area contributed by atoms with Crippen molar-refractivity contribution in [2.45, 2.75) is 51.6 Å². The standard InChI is InChI=1S/C25H29Cl2N7/c1-16-15-33(11-8-22(16)32-9-4-3-5-10-32)23-14-29-24-21(13-28)31-34(25(24)30-23)17(2)19-7-6-18(26)12-20(19)27/h6-7,12,14,16-17,22H,3-5,8-11,15H2,1-2H3/t16-,17-,22+/m1/s1. The summed E-state index contributed by atoms with van der Waals surface area (Å²) in [5.41, 5.74) is 2.24. The summed E-state index contributed by atoms with van der Waals surface area (Å²) in [6.07, 6.45) is 6.90. The summed E-state index contributed by atoms with van der Waals surface area (Å²) < 4.78 is 1.75. The van der Waals surface area contributed by atoms with Gasteiger partial charge in [-0.15, -0.1) is 0 Å². The van der Waals surface area contributed by atoms with Gasteiger partial charge in [-0.1, -0.05) is 42.6 Å². The van der Waals surface area contributed by atoms with Gasteiger partial charge in [-0.3, -0.25) is 4.90 Å². The maximum absolute atomic E-state index is 9.65. The second kappa shape index (κ2) is 9.69. The van der Waals surface area contributed by atoms with Crippen LogP contribution in [0.4, 0.5) is 5.82 Å². The smallest absolute Gasteiger partial charge is 0.190 e. The fourth-order valence-corrected chi connectivity index (χ4v) is 6.07. The van der Waals surface area contributed by atoms with Crippen LogP contribution in [0.5, 0.6) is 0 Å². The fourth-order valence-electron chi connectivity index (χ4n) is 5.50. The van der Waals surface area contributed by atoms with Crippen molar-refractivity contribution < 1.29 is 0 Å². The molecule has 0 N–H and O–H groups in total. The molecule has 3 aromatic rings. The van der Waals surface area contributed by atoms with Crippen LogP contribution < -0.4 is 4.90 Å². The van der Waals surface area contributed by atoms with Gasteiger partial charge in [0.05, 0.1) is 12.2 Å². The summed E-state index contributed by atoms with van der Waals surface area (Å²) in [7, 11) is 0. The monoisotopic (exact) mass is 497 g/mol. The van der Waals surface area contributed by atoms with E-state index in [0.29, 0.717) is 33.2 Å². The number of benzene rings is 1. The Morgan fingerprint density at radius 2 is 1.94 bits per heavy atom. The van der Waals surface area contributed by atoms with Crippen molar-refractivity contribution in [3.05, 3.63) is 45.7 Å². The maximum atomic E-state index is 9.65. The second-order valence-electron chi connectivity index (χ2n) is 9.52. The van der Waals surface area contributed by atoms with Crippen molar-refractivity contribution in [2.75, 3.05) is 31.1 Å². The lowest BCUT2D eigenvalue weighted by molar-refractivity contribution is 0.106. The number of nitriles is 1. The first kappa shape index (κ1) is 23.3. The third-order valence-corrected chi connectivity index (χ3v) is 7.88. The Labute approximate surface area is 210 Å². The normalized spacial score (nSPS) is 22.6. The van der Waals surface area contributed by atoms with Crippen molar-refractivity contribution >= 4 is 40.2 Å². The number of anilines is 1. The number of halogens is 2. The van der Waals surface area contributed by atoms with Crippen LogP contribution in [0.3, 0.4) is 0 Å². The van der Waals surface area contributed by atoms with Gasteiger partial charge >= 0.3 is 0 Å². The van der Waals surface area contributed by atoms with E-state index in [2.05, 4.69) is 32.9 Å². The molecular weight excluding hydrogens is 469 g/mol. The van der Waals surface area contributed by atoms with Crippen molar-refractivity contribution in [3.63, 3.8) is 0 Å². The average Bonchev–Trinajstić information content (AvgIpc) is 3.22. The Morgan fingerprint density at radius 3 is 2.65 bits per heavy atom. The van der Waals surface area contributed by atoms with E-state index in [-0.39, 0.29) is 11.7 Å². The molecule has 0 aliphatic carbocycles. The minimum Gasteiger partial charge on any atom is -0.355 e. The summed E-state index contributed by atoms with van der Waals surface area (Å²) >= 11 is 12.6. The molecule has 5 rings (SSSR count).